The van der Waals surface area contributed by atoms with Crippen molar-refractivity contribution in [2.75, 3.05) is 13.1 Å². The predicted molar refractivity (Wildman–Crippen MR) is 154 cm³/mol. The van der Waals surface area contributed by atoms with Gasteiger partial charge in [-0.05, 0) is 39.9 Å². The average molecular weight is 538 g/mol. The lowest BCUT2D eigenvalue weighted by atomic mass is 9.97. The number of nitrogens with one attached hydrogen (secondary N) is 1. The first-order valence-corrected chi connectivity index (χ1v) is 13.5. The van der Waals surface area contributed by atoms with Gasteiger partial charge in [-0.25, -0.2) is 4.98 Å². The first kappa shape index (κ1) is 28.5. The Bertz CT molecular complexity index is 1480. The second-order valence-electron chi connectivity index (χ2n) is 10.3. The minimum Gasteiger partial charge on any atom is -0.480 e. The molecule has 4 rings (SSSR count). The fraction of sp³-hybridized carbons (Fsp3) is 0.312. The van der Waals surface area contributed by atoms with Crippen LogP contribution in [0.15, 0.2) is 79.3 Å². The zero-order valence-corrected chi connectivity index (χ0v) is 23.0. The molecule has 206 valence electrons. The van der Waals surface area contributed by atoms with Crippen LogP contribution in [0, 0.1) is 17.2 Å². The fourth-order valence-corrected chi connectivity index (χ4v) is 4.92. The van der Waals surface area contributed by atoms with E-state index in [9.17, 15) is 14.7 Å². The van der Waals surface area contributed by atoms with Crippen LogP contribution in [0.5, 0.6) is 0 Å². The number of fused-ring (bicyclic) bond motifs is 1. The molecule has 0 aliphatic carbocycles. The molecule has 0 aliphatic rings. The van der Waals surface area contributed by atoms with Gasteiger partial charge in [0.05, 0.1) is 30.9 Å². The topological polar surface area (TPSA) is 111 Å². The Morgan fingerprint density at radius 3 is 2.58 bits per heavy atom. The fourth-order valence-electron chi connectivity index (χ4n) is 4.92. The second kappa shape index (κ2) is 13.5. The molecule has 0 radical (unpaired) electrons. The largest absolute Gasteiger partial charge is 0.480 e. The number of carboxylic acid groups (broad SMARTS) is 1. The summed E-state index contributed by atoms with van der Waals surface area (Å²) in [6, 6.07) is 23.4. The maximum Gasteiger partial charge on any atom is 0.317 e. The second-order valence-corrected chi connectivity index (χ2v) is 10.3. The van der Waals surface area contributed by atoms with Crippen molar-refractivity contribution in [2.45, 2.75) is 45.8 Å². The third-order valence-electron chi connectivity index (χ3n) is 7.34. The Labute approximate surface area is 234 Å². The Morgan fingerprint density at radius 1 is 1.10 bits per heavy atom. The van der Waals surface area contributed by atoms with Gasteiger partial charge in [-0.2, -0.15) is 5.26 Å². The van der Waals surface area contributed by atoms with E-state index in [1.807, 2.05) is 45.9 Å². The average Bonchev–Trinajstić information content (AvgIpc) is 3.38. The van der Waals surface area contributed by atoms with E-state index in [0.29, 0.717) is 25.2 Å². The van der Waals surface area contributed by atoms with Gasteiger partial charge in [0.25, 0.3) is 0 Å². The van der Waals surface area contributed by atoms with Crippen molar-refractivity contribution >= 4 is 22.6 Å². The predicted octanol–water partition coefficient (Wildman–Crippen LogP) is 4.62. The maximum absolute atomic E-state index is 13.2. The van der Waals surface area contributed by atoms with E-state index in [1.165, 1.54) is 0 Å². The van der Waals surface area contributed by atoms with Crippen LogP contribution in [0.3, 0.4) is 0 Å². The summed E-state index contributed by atoms with van der Waals surface area (Å²) < 4.78 is 1.93. The molecule has 1 heterocycles. The van der Waals surface area contributed by atoms with Crippen molar-refractivity contribution in [1.82, 2.24) is 19.8 Å². The van der Waals surface area contributed by atoms with E-state index in [4.69, 9.17) is 5.26 Å². The number of imidazole rings is 1. The van der Waals surface area contributed by atoms with E-state index in [0.717, 1.165) is 34.0 Å². The summed E-state index contributed by atoms with van der Waals surface area (Å²) in [6.07, 6.45) is 4.40. The number of carbonyl (C=O) groups is 2. The highest BCUT2D eigenvalue weighted by molar-refractivity contribution is 5.85. The monoisotopic (exact) mass is 537 g/mol. The van der Waals surface area contributed by atoms with Crippen molar-refractivity contribution in [3.63, 3.8) is 0 Å². The van der Waals surface area contributed by atoms with Crippen molar-refractivity contribution in [1.29, 1.82) is 5.26 Å². The van der Waals surface area contributed by atoms with Crippen LogP contribution in [0.4, 0.5) is 0 Å². The zero-order valence-electron chi connectivity index (χ0n) is 23.0. The van der Waals surface area contributed by atoms with Gasteiger partial charge in [-0.15, -0.1) is 0 Å². The summed E-state index contributed by atoms with van der Waals surface area (Å²) in [5.74, 6) is -0.884. The van der Waals surface area contributed by atoms with Crippen LogP contribution in [0.1, 0.15) is 42.7 Å². The number of hydrogen-bond acceptors (Lipinski definition) is 5. The number of aromatic nitrogens is 2. The molecular weight excluding hydrogens is 502 g/mol. The molecule has 0 spiro atoms. The molecule has 8 heteroatoms. The highest BCUT2D eigenvalue weighted by atomic mass is 16.4. The number of carbonyl (C=O) groups excluding carboxylic acids is 1. The summed E-state index contributed by atoms with van der Waals surface area (Å²) in [4.78, 5) is 31.2. The van der Waals surface area contributed by atoms with E-state index < -0.39 is 5.97 Å². The quantitative estimate of drug-likeness (QED) is 0.258. The van der Waals surface area contributed by atoms with Gasteiger partial charge in [0.2, 0.25) is 5.91 Å². The third-order valence-corrected chi connectivity index (χ3v) is 7.34. The zero-order chi connectivity index (χ0) is 28.5. The van der Waals surface area contributed by atoms with Gasteiger partial charge < -0.3 is 15.0 Å². The van der Waals surface area contributed by atoms with E-state index in [-0.39, 0.29) is 30.8 Å². The molecule has 3 aromatic carbocycles. The first-order valence-electron chi connectivity index (χ1n) is 13.5. The highest BCUT2D eigenvalue weighted by Gasteiger charge is 2.24. The SMILES string of the molecule is CC[C@H](C)[C@@H](CN(CC(=O)O)Cc1cccc2ccccc12)NC(=O)Cc1cncn1Cc1ccc(C#N)cc1. The van der Waals surface area contributed by atoms with Crippen LogP contribution in [-0.4, -0.2) is 50.6 Å². The number of hydrogen-bond donors (Lipinski definition) is 2. The summed E-state index contributed by atoms with van der Waals surface area (Å²) in [6.45, 7) is 5.46. The molecule has 2 atom stereocenters. The van der Waals surface area contributed by atoms with Crippen LogP contribution < -0.4 is 5.32 Å². The smallest absolute Gasteiger partial charge is 0.317 e. The molecule has 2 N–H and O–H groups in total. The van der Waals surface area contributed by atoms with Crippen molar-refractivity contribution in [3.05, 3.63) is 102 Å². The Morgan fingerprint density at radius 2 is 1.85 bits per heavy atom. The van der Waals surface area contributed by atoms with Crippen LogP contribution in [-0.2, 0) is 29.1 Å². The van der Waals surface area contributed by atoms with E-state index >= 15 is 0 Å². The molecule has 0 saturated carbocycles. The molecule has 1 amide bonds. The number of aliphatic carboxylic acids is 1. The molecule has 0 aliphatic heterocycles. The molecule has 0 fully saturated rings. The normalized spacial score (nSPS) is 12.7. The van der Waals surface area contributed by atoms with Gasteiger partial charge in [0, 0.05) is 37.6 Å². The first-order chi connectivity index (χ1) is 19.4. The van der Waals surface area contributed by atoms with Gasteiger partial charge in [-0.1, -0.05) is 74.9 Å². The molecule has 0 bridgehead atoms. The third kappa shape index (κ3) is 7.55. The number of nitriles is 1. The van der Waals surface area contributed by atoms with Gasteiger partial charge >= 0.3 is 5.97 Å². The number of benzene rings is 3. The summed E-state index contributed by atoms with van der Waals surface area (Å²) >= 11 is 0. The van der Waals surface area contributed by atoms with Crippen molar-refractivity contribution < 1.29 is 14.7 Å². The molecule has 0 unspecified atom stereocenters. The molecular formula is C32H35N5O3. The van der Waals surface area contributed by atoms with Crippen molar-refractivity contribution in [2.24, 2.45) is 5.92 Å². The molecule has 4 aromatic rings. The minimum atomic E-state index is -0.902. The van der Waals surface area contributed by atoms with Crippen molar-refractivity contribution in [3.8, 4) is 6.07 Å². The molecule has 1 aromatic heterocycles. The molecule has 40 heavy (non-hydrogen) atoms. The molecule has 0 saturated heterocycles. The van der Waals surface area contributed by atoms with E-state index in [2.05, 4.69) is 48.4 Å². The maximum atomic E-state index is 13.2. The number of rotatable bonds is 13. The number of nitrogens with zero attached hydrogens (tertiary/aromatic N) is 4. The van der Waals surface area contributed by atoms with E-state index in [1.54, 1.807) is 24.7 Å². The molecule has 8 nitrogen and oxygen atoms in total. The highest BCUT2D eigenvalue weighted by Crippen LogP contribution is 2.21. The lowest BCUT2D eigenvalue weighted by Gasteiger charge is -2.31. The minimum absolute atomic E-state index is 0.122. The number of amides is 1. The summed E-state index contributed by atoms with van der Waals surface area (Å²) in [7, 11) is 0. The number of carboxylic acids is 1. The van der Waals surface area contributed by atoms with Crippen LogP contribution in [0.2, 0.25) is 0 Å². The van der Waals surface area contributed by atoms with Crippen LogP contribution in [0.25, 0.3) is 10.8 Å². The Balaban J connectivity index is 1.46. The van der Waals surface area contributed by atoms with Crippen LogP contribution >= 0.6 is 0 Å². The van der Waals surface area contributed by atoms with Gasteiger partial charge in [-0.3, -0.25) is 14.5 Å². The Kier molecular flexibility index (Phi) is 9.66. The standard InChI is InChI=1S/C32H35N5O3/c1-3-23(2)30(20-36(21-32(39)40)19-27-9-6-8-26-7-4-5-10-29(26)27)35-31(38)15-28-17-34-22-37(28)18-25-13-11-24(16-33)12-14-25/h4-14,17,22-23,30H,3,15,18-21H2,1-2H3,(H,35,38)(H,39,40)/t23-,30+/m0/s1. The van der Waals surface area contributed by atoms with Gasteiger partial charge in [0.15, 0.2) is 0 Å². The lowest BCUT2D eigenvalue weighted by molar-refractivity contribution is -0.138. The lowest BCUT2D eigenvalue weighted by Crippen LogP contribution is -2.48. The van der Waals surface area contributed by atoms with Gasteiger partial charge in [0.1, 0.15) is 0 Å². The summed E-state index contributed by atoms with van der Waals surface area (Å²) in [5, 5.41) is 24.1. The Hall–Kier alpha value is -4.48. The summed E-state index contributed by atoms with van der Waals surface area (Å²) in [5.41, 5.74) is 3.44.